The van der Waals surface area contributed by atoms with Gasteiger partial charge in [-0.25, -0.2) is 28.5 Å². The van der Waals surface area contributed by atoms with Gasteiger partial charge in [-0.1, -0.05) is 11.3 Å². The molecule has 0 radical (unpaired) electrons. The monoisotopic (exact) mass is 567 g/mol. The number of piperidine rings is 1. The molecule has 0 unspecified atom stereocenters. The number of thiazole rings is 1. The molecule has 9 nitrogen and oxygen atoms in total. The lowest BCUT2D eigenvalue weighted by Crippen LogP contribution is -2.38. The fourth-order valence-electron chi connectivity index (χ4n) is 4.55. The van der Waals surface area contributed by atoms with Crippen molar-refractivity contribution in [3.05, 3.63) is 54.2 Å². The predicted octanol–water partition coefficient (Wildman–Crippen LogP) is 5.42. The molecule has 0 aliphatic carbocycles. The summed E-state index contributed by atoms with van der Waals surface area (Å²) in [5, 5.41) is 16.2. The average Bonchev–Trinajstić information content (AvgIpc) is 3.31. The van der Waals surface area contributed by atoms with Gasteiger partial charge in [-0.15, -0.1) is 0 Å². The van der Waals surface area contributed by atoms with Crippen molar-refractivity contribution >= 4 is 32.7 Å². The van der Waals surface area contributed by atoms with Crippen molar-refractivity contribution in [3.63, 3.8) is 0 Å². The van der Waals surface area contributed by atoms with Crippen LogP contribution in [0.15, 0.2) is 42.9 Å². The van der Waals surface area contributed by atoms with Crippen LogP contribution in [-0.2, 0) is 12.1 Å². The number of anilines is 1. The van der Waals surface area contributed by atoms with Crippen LogP contribution >= 0.6 is 11.3 Å². The van der Waals surface area contributed by atoms with E-state index in [0.29, 0.717) is 48.3 Å². The second-order valence-electron chi connectivity index (χ2n) is 10.4. The van der Waals surface area contributed by atoms with Crippen molar-refractivity contribution < 1.29 is 18.7 Å². The van der Waals surface area contributed by atoms with E-state index >= 15 is 0 Å². The highest BCUT2D eigenvalue weighted by Crippen LogP contribution is 2.38. The van der Waals surface area contributed by atoms with E-state index in [0.717, 1.165) is 27.0 Å². The first-order valence-electron chi connectivity index (χ1n) is 13.1. The molecular formula is C28H31F2N7O2S. The highest BCUT2D eigenvalue weighted by Gasteiger charge is 2.33. The van der Waals surface area contributed by atoms with Gasteiger partial charge in [0, 0.05) is 68.7 Å². The minimum Gasteiger partial charge on any atom is -0.382 e. The normalized spacial score (nSPS) is 15.8. The standard InChI is InChI=1S/C28H31F2N7O2S/c1-4-31-25(38)36-26-35-22-13-18(19-14-33-24(34-15-19)27(2,3)39)12-20(23(22)40-26)21-11-17(5-8-32-21)16-37-9-6-28(29,30)7-10-37/h5,8,11-15,39H,4,6-7,9-10,16H2,1-3H3,(H2,31,35,36,38). The van der Waals surface area contributed by atoms with Crippen molar-refractivity contribution in [2.24, 2.45) is 0 Å². The molecule has 4 heterocycles. The number of amides is 2. The van der Waals surface area contributed by atoms with Crippen molar-refractivity contribution in [2.45, 2.75) is 51.7 Å². The number of nitrogens with one attached hydrogen (secondary N) is 2. The van der Waals surface area contributed by atoms with Gasteiger partial charge in [0.05, 0.1) is 15.9 Å². The Morgan fingerprint density at radius 2 is 1.85 bits per heavy atom. The second-order valence-corrected chi connectivity index (χ2v) is 11.4. The molecule has 4 aromatic rings. The van der Waals surface area contributed by atoms with Crippen molar-refractivity contribution in [2.75, 3.05) is 25.0 Å². The Morgan fingerprint density at radius 1 is 1.12 bits per heavy atom. The number of benzene rings is 1. The number of urea groups is 1. The number of alkyl halides is 2. The molecule has 40 heavy (non-hydrogen) atoms. The first-order chi connectivity index (χ1) is 19.0. The number of carbonyl (C=O) groups is 1. The topological polar surface area (TPSA) is 116 Å². The average molecular weight is 568 g/mol. The van der Waals surface area contributed by atoms with Crippen molar-refractivity contribution in [3.8, 4) is 22.4 Å². The molecule has 0 saturated carbocycles. The number of halogens is 2. The van der Waals surface area contributed by atoms with E-state index in [1.807, 2.05) is 36.1 Å². The first kappa shape index (κ1) is 27.9. The van der Waals surface area contributed by atoms with Gasteiger partial charge in [0.25, 0.3) is 5.92 Å². The third-order valence-corrected chi connectivity index (χ3v) is 7.69. The van der Waals surface area contributed by atoms with Crippen LogP contribution in [0.1, 0.15) is 45.0 Å². The smallest absolute Gasteiger partial charge is 0.321 e. The summed E-state index contributed by atoms with van der Waals surface area (Å²) in [6.45, 7) is 6.80. The molecule has 1 aliphatic rings. The molecule has 1 aromatic carbocycles. The summed E-state index contributed by atoms with van der Waals surface area (Å²) in [5.74, 6) is -2.28. The lowest BCUT2D eigenvalue weighted by atomic mass is 10.0. The molecule has 1 saturated heterocycles. The Labute approximate surface area is 234 Å². The zero-order valence-electron chi connectivity index (χ0n) is 22.5. The number of aliphatic hydroxyl groups is 1. The summed E-state index contributed by atoms with van der Waals surface area (Å²) in [5.41, 5.74) is 3.51. The van der Waals surface area contributed by atoms with E-state index in [2.05, 4.69) is 30.6 Å². The molecule has 2 amide bonds. The van der Waals surface area contributed by atoms with Gasteiger partial charge in [-0.3, -0.25) is 15.2 Å². The van der Waals surface area contributed by atoms with E-state index in [1.54, 1.807) is 32.4 Å². The number of fused-ring (bicyclic) bond motifs is 1. The molecular weight excluding hydrogens is 536 g/mol. The quantitative estimate of drug-likeness (QED) is 0.273. The molecule has 0 bridgehead atoms. The number of rotatable bonds is 7. The maximum Gasteiger partial charge on any atom is 0.321 e. The number of likely N-dealkylation sites (tertiary alicyclic amines) is 1. The van der Waals surface area contributed by atoms with E-state index in [-0.39, 0.29) is 18.9 Å². The summed E-state index contributed by atoms with van der Waals surface area (Å²) in [4.78, 5) is 32.2. The Hall–Kier alpha value is -3.61. The van der Waals surface area contributed by atoms with Crippen molar-refractivity contribution in [1.82, 2.24) is 30.2 Å². The molecule has 5 rings (SSSR count). The van der Waals surface area contributed by atoms with Gasteiger partial charge in [0.15, 0.2) is 11.0 Å². The molecule has 3 aromatic heterocycles. The molecule has 3 N–H and O–H groups in total. The van der Waals surface area contributed by atoms with Crippen LogP contribution < -0.4 is 10.6 Å². The number of pyridine rings is 1. The Kier molecular flexibility index (Phi) is 7.76. The maximum atomic E-state index is 13.6. The number of hydrogen-bond acceptors (Lipinski definition) is 8. The van der Waals surface area contributed by atoms with Gasteiger partial charge in [-0.2, -0.15) is 0 Å². The van der Waals surface area contributed by atoms with E-state index in [1.165, 1.54) is 11.3 Å². The summed E-state index contributed by atoms with van der Waals surface area (Å²) < 4.78 is 28.1. The van der Waals surface area contributed by atoms with Crippen LogP contribution in [0.2, 0.25) is 0 Å². The molecule has 1 aliphatic heterocycles. The van der Waals surface area contributed by atoms with Crippen LogP contribution in [0, 0.1) is 0 Å². The highest BCUT2D eigenvalue weighted by atomic mass is 32.1. The largest absolute Gasteiger partial charge is 0.382 e. The van der Waals surface area contributed by atoms with Crippen LogP contribution in [0.5, 0.6) is 0 Å². The van der Waals surface area contributed by atoms with Crippen molar-refractivity contribution in [1.29, 1.82) is 0 Å². The predicted molar refractivity (Wildman–Crippen MR) is 151 cm³/mol. The third kappa shape index (κ3) is 6.40. The molecule has 1 fully saturated rings. The lowest BCUT2D eigenvalue weighted by molar-refractivity contribution is -0.0566. The van der Waals surface area contributed by atoms with Crippen LogP contribution in [-0.4, -0.2) is 61.5 Å². The van der Waals surface area contributed by atoms with Gasteiger partial charge >= 0.3 is 6.03 Å². The Bertz CT molecular complexity index is 1510. The second kappa shape index (κ2) is 11.1. The zero-order valence-corrected chi connectivity index (χ0v) is 23.4. The molecule has 0 spiro atoms. The van der Waals surface area contributed by atoms with Gasteiger partial charge in [0.1, 0.15) is 5.60 Å². The summed E-state index contributed by atoms with van der Waals surface area (Å²) >= 11 is 1.34. The Morgan fingerprint density at radius 3 is 2.52 bits per heavy atom. The Balaban J connectivity index is 1.53. The number of aromatic nitrogens is 4. The van der Waals surface area contributed by atoms with Crippen LogP contribution in [0.4, 0.5) is 18.7 Å². The number of carbonyl (C=O) groups excluding carboxylic acids is 1. The fraction of sp³-hybridized carbons (Fsp3) is 0.393. The number of hydrogen-bond donors (Lipinski definition) is 3. The molecule has 12 heteroatoms. The third-order valence-electron chi connectivity index (χ3n) is 6.67. The summed E-state index contributed by atoms with van der Waals surface area (Å²) in [7, 11) is 0. The molecule has 210 valence electrons. The summed E-state index contributed by atoms with van der Waals surface area (Å²) in [6.07, 6.45) is 4.76. The van der Waals surface area contributed by atoms with E-state index < -0.39 is 11.5 Å². The van der Waals surface area contributed by atoms with E-state index in [4.69, 9.17) is 0 Å². The first-order valence-corrected chi connectivity index (χ1v) is 13.9. The van der Waals surface area contributed by atoms with Gasteiger partial charge in [0.2, 0.25) is 0 Å². The zero-order chi connectivity index (χ0) is 28.5. The fourth-order valence-corrected chi connectivity index (χ4v) is 5.52. The van der Waals surface area contributed by atoms with Crippen LogP contribution in [0.3, 0.4) is 0 Å². The SMILES string of the molecule is CCNC(=O)Nc1nc2cc(-c3cnc(C(C)(C)O)nc3)cc(-c3cc(CN4CCC(F)(F)CC4)ccn3)c2s1. The van der Waals surface area contributed by atoms with Gasteiger partial charge < -0.3 is 10.4 Å². The van der Waals surface area contributed by atoms with Crippen LogP contribution in [0.25, 0.3) is 32.6 Å². The maximum absolute atomic E-state index is 13.6. The highest BCUT2D eigenvalue weighted by molar-refractivity contribution is 7.22. The van der Waals surface area contributed by atoms with E-state index in [9.17, 15) is 18.7 Å². The van der Waals surface area contributed by atoms with Gasteiger partial charge in [-0.05, 0) is 56.2 Å². The number of nitrogens with zero attached hydrogens (tertiary/aromatic N) is 5. The lowest BCUT2D eigenvalue weighted by Gasteiger charge is -2.31. The minimum atomic E-state index is -2.59. The summed E-state index contributed by atoms with van der Waals surface area (Å²) in [6, 6.07) is 7.40. The molecule has 0 atom stereocenters. The minimum absolute atomic E-state index is 0.135.